The first-order valence-electron chi connectivity index (χ1n) is 8.28. The van der Waals surface area contributed by atoms with Crippen LogP contribution in [0.3, 0.4) is 0 Å². The summed E-state index contributed by atoms with van der Waals surface area (Å²) in [5.74, 6) is 1.24. The maximum absolute atomic E-state index is 12.3. The van der Waals surface area contributed by atoms with Crippen LogP contribution in [-0.4, -0.2) is 33.5 Å². The van der Waals surface area contributed by atoms with Crippen molar-refractivity contribution in [2.24, 2.45) is 5.10 Å². The maximum Gasteiger partial charge on any atom is 0.271 e. The van der Waals surface area contributed by atoms with Gasteiger partial charge < -0.3 is 14.2 Å². The van der Waals surface area contributed by atoms with Crippen molar-refractivity contribution in [1.29, 1.82) is 0 Å². The molecule has 0 aromatic heterocycles. The van der Waals surface area contributed by atoms with Crippen LogP contribution < -0.4 is 19.6 Å². The van der Waals surface area contributed by atoms with Gasteiger partial charge in [0, 0.05) is 11.1 Å². The number of nitrogens with one attached hydrogen (secondary N) is 1. The third-order valence-electron chi connectivity index (χ3n) is 4.08. The molecule has 0 radical (unpaired) electrons. The largest absolute Gasteiger partial charge is 0.493 e. The highest BCUT2D eigenvalue weighted by Crippen LogP contribution is 2.37. The van der Waals surface area contributed by atoms with Gasteiger partial charge in [0.1, 0.15) is 0 Å². The molecule has 138 valence electrons. The van der Waals surface area contributed by atoms with Crippen LogP contribution in [-0.2, 0) is 0 Å². The Bertz CT molecular complexity index is 973. The number of nitrogens with zero attached hydrogens (tertiary/aromatic N) is 1. The van der Waals surface area contributed by atoms with E-state index in [2.05, 4.69) is 10.5 Å². The second-order valence-corrected chi connectivity index (χ2v) is 5.72. The van der Waals surface area contributed by atoms with Crippen molar-refractivity contribution in [1.82, 2.24) is 5.43 Å². The van der Waals surface area contributed by atoms with E-state index >= 15 is 0 Å². The third-order valence-corrected chi connectivity index (χ3v) is 4.08. The van der Waals surface area contributed by atoms with Gasteiger partial charge >= 0.3 is 0 Å². The lowest BCUT2D eigenvalue weighted by atomic mass is 10.1. The molecule has 0 spiro atoms. The molecule has 27 heavy (non-hydrogen) atoms. The number of fused-ring (bicyclic) bond motifs is 1. The molecule has 0 aliphatic rings. The van der Waals surface area contributed by atoms with Crippen LogP contribution >= 0.6 is 0 Å². The van der Waals surface area contributed by atoms with Gasteiger partial charge in [-0.15, -0.1) is 0 Å². The molecule has 0 heterocycles. The van der Waals surface area contributed by atoms with E-state index in [1.807, 2.05) is 36.4 Å². The predicted molar refractivity (Wildman–Crippen MR) is 105 cm³/mol. The molecule has 3 aromatic carbocycles. The number of amides is 1. The number of hydrazone groups is 1. The zero-order valence-corrected chi connectivity index (χ0v) is 15.4. The molecule has 3 aromatic rings. The molecule has 3 rings (SSSR count). The average Bonchev–Trinajstić information content (AvgIpc) is 2.72. The Hall–Kier alpha value is -3.54. The van der Waals surface area contributed by atoms with Gasteiger partial charge in [0.05, 0.1) is 27.5 Å². The Labute approximate surface area is 157 Å². The van der Waals surface area contributed by atoms with Crippen molar-refractivity contribution < 1.29 is 19.0 Å². The molecule has 1 amide bonds. The zero-order valence-electron chi connectivity index (χ0n) is 15.4. The topological polar surface area (TPSA) is 69.2 Å². The quantitative estimate of drug-likeness (QED) is 0.536. The molecular formula is C21H20N2O4. The van der Waals surface area contributed by atoms with Crippen LogP contribution in [0.25, 0.3) is 10.8 Å². The summed E-state index contributed by atoms with van der Waals surface area (Å²) in [5, 5.41) is 6.11. The average molecular weight is 364 g/mol. The Morgan fingerprint density at radius 3 is 2.19 bits per heavy atom. The minimum absolute atomic E-state index is 0.288. The highest BCUT2D eigenvalue weighted by molar-refractivity contribution is 5.99. The molecule has 0 atom stereocenters. The molecule has 0 saturated heterocycles. The predicted octanol–water partition coefficient (Wildman–Crippen LogP) is 3.63. The van der Waals surface area contributed by atoms with E-state index in [0.717, 1.165) is 10.8 Å². The highest BCUT2D eigenvalue weighted by Gasteiger charge is 2.12. The van der Waals surface area contributed by atoms with E-state index in [4.69, 9.17) is 14.2 Å². The fraction of sp³-hybridized carbons (Fsp3) is 0.143. The lowest BCUT2D eigenvalue weighted by Crippen LogP contribution is -2.17. The van der Waals surface area contributed by atoms with Crippen molar-refractivity contribution in [3.63, 3.8) is 0 Å². The van der Waals surface area contributed by atoms with Crippen LogP contribution in [0, 0.1) is 0 Å². The fourth-order valence-corrected chi connectivity index (χ4v) is 2.74. The Morgan fingerprint density at radius 2 is 1.56 bits per heavy atom. The summed E-state index contributed by atoms with van der Waals surface area (Å²) in [6.07, 6.45) is 1.52. The second kappa shape index (κ2) is 8.23. The van der Waals surface area contributed by atoms with Crippen LogP contribution in [0.15, 0.2) is 59.7 Å². The summed E-state index contributed by atoms with van der Waals surface area (Å²) in [7, 11) is 4.62. The van der Waals surface area contributed by atoms with Crippen molar-refractivity contribution in [3.8, 4) is 17.2 Å². The number of hydrogen-bond donors (Lipinski definition) is 1. The number of benzene rings is 3. The smallest absolute Gasteiger partial charge is 0.271 e. The van der Waals surface area contributed by atoms with E-state index in [1.54, 1.807) is 32.4 Å². The van der Waals surface area contributed by atoms with E-state index < -0.39 is 0 Å². The molecule has 0 saturated carbocycles. The van der Waals surface area contributed by atoms with Crippen molar-refractivity contribution in [2.45, 2.75) is 0 Å². The summed E-state index contributed by atoms with van der Waals surface area (Å²) < 4.78 is 15.9. The monoisotopic (exact) mass is 364 g/mol. The van der Waals surface area contributed by atoms with Gasteiger partial charge in [-0.25, -0.2) is 5.43 Å². The molecule has 0 bridgehead atoms. The van der Waals surface area contributed by atoms with E-state index in [1.165, 1.54) is 13.3 Å². The van der Waals surface area contributed by atoms with Crippen molar-refractivity contribution in [3.05, 3.63) is 65.7 Å². The van der Waals surface area contributed by atoms with Crippen LogP contribution in [0.4, 0.5) is 0 Å². The Kier molecular flexibility index (Phi) is 5.56. The highest BCUT2D eigenvalue weighted by atomic mass is 16.5. The van der Waals surface area contributed by atoms with Gasteiger partial charge in [-0.2, -0.15) is 5.10 Å². The summed E-state index contributed by atoms with van der Waals surface area (Å²) >= 11 is 0. The van der Waals surface area contributed by atoms with Gasteiger partial charge in [-0.05, 0) is 35.0 Å². The SMILES string of the molecule is COc1cc(/C=N/NC(=O)c2ccc3ccccc3c2)cc(OC)c1OC. The number of ether oxygens (including phenoxy) is 3. The Morgan fingerprint density at radius 1 is 0.889 bits per heavy atom. The molecule has 6 nitrogen and oxygen atoms in total. The molecule has 6 heteroatoms. The molecule has 0 unspecified atom stereocenters. The summed E-state index contributed by atoms with van der Waals surface area (Å²) in [5.41, 5.74) is 3.77. The fourth-order valence-electron chi connectivity index (χ4n) is 2.74. The number of carbonyl (C=O) groups excluding carboxylic acids is 1. The minimum atomic E-state index is -0.288. The number of hydrogen-bond acceptors (Lipinski definition) is 5. The van der Waals surface area contributed by atoms with Gasteiger partial charge in [0.2, 0.25) is 5.75 Å². The summed E-state index contributed by atoms with van der Waals surface area (Å²) in [4.78, 5) is 12.3. The van der Waals surface area contributed by atoms with Gasteiger partial charge in [0.15, 0.2) is 11.5 Å². The number of methoxy groups -OCH3 is 3. The lowest BCUT2D eigenvalue weighted by molar-refractivity contribution is 0.0955. The maximum atomic E-state index is 12.3. The number of rotatable bonds is 6. The zero-order chi connectivity index (χ0) is 19.2. The first-order valence-corrected chi connectivity index (χ1v) is 8.28. The lowest BCUT2D eigenvalue weighted by Gasteiger charge is -2.12. The van der Waals surface area contributed by atoms with Gasteiger partial charge in [0.25, 0.3) is 5.91 Å². The Balaban J connectivity index is 1.77. The van der Waals surface area contributed by atoms with Gasteiger partial charge in [-0.3, -0.25) is 4.79 Å². The standard InChI is InChI=1S/C21H20N2O4/c1-25-18-10-14(11-19(26-2)20(18)27-3)13-22-23-21(24)17-9-8-15-6-4-5-7-16(15)12-17/h4-13H,1-3H3,(H,23,24)/b22-13+. The third kappa shape index (κ3) is 4.00. The van der Waals surface area contributed by atoms with Gasteiger partial charge in [-0.1, -0.05) is 30.3 Å². The molecule has 0 aliphatic carbocycles. The second-order valence-electron chi connectivity index (χ2n) is 5.72. The number of carbonyl (C=O) groups is 1. The van der Waals surface area contributed by atoms with Crippen molar-refractivity contribution in [2.75, 3.05) is 21.3 Å². The van der Waals surface area contributed by atoms with Crippen LogP contribution in [0.1, 0.15) is 15.9 Å². The summed E-state index contributed by atoms with van der Waals surface area (Å²) in [6.45, 7) is 0. The first-order chi connectivity index (χ1) is 13.2. The van der Waals surface area contributed by atoms with E-state index in [0.29, 0.717) is 28.4 Å². The minimum Gasteiger partial charge on any atom is -0.493 e. The summed E-state index contributed by atoms with van der Waals surface area (Å²) in [6, 6.07) is 16.9. The normalized spacial score (nSPS) is 10.8. The molecule has 0 fully saturated rings. The van der Waals surface area contributed by atoms with E-state index in [-0.39, 0.29) is 5.91 Å². The van der Waals surface area contributed by atoms with Crippen molar-refractivity contribution >= 4 is 22.9 Å². The molecule has 1 N–H and O–H groups in total. The first kappa shape index (κ1) is 18.3. The van der Waals surface area contributed by atoms with E-state index in [9.17, 15) is 4.79 Å². The molecular weight excluding hydrogens is 344 g/mol. The van der Waals surface area contributed by atoms with Crippen LogP contribution in [0.5, 0.6) is 17.2 Å². The molecule has 0 aliphatic heterocycles. The van der Waals surface area contributed by atoms with Crippen LogP contribution in [0.2, 0.25) is 0 Å².